The smallest absolute Gasteiger partial charge is 0.127 e. The number of rotatable bonds is 3. The lowest BCUT2D eigenvalue weighted by molar-refractivity contribution is 0.610. The highest BCUT2D eigenvalue weighted by molar-refractivity contribution is 6.31. The van der Waals surface area contributed by atoms with Gasteiger partial charge in [0.25, 0.3) is 0 Å². The molecule has 0 radical (unpaired) electrons. The molecular formula is C13H14Cl2N2. The predicted molar refractivity (Wildman–Crippen MR) is 71.7 cm³/mol. The summed E-state index contributed by atoms with van der Waals surface area (Å²) in [6.45, 7) is 3.00. The molecule has 1 heterocycles. The molecule has 3 rings (SSSR count). The van der Waals surface area contributed by atoms with E-state index in [1.165, 1.54) is 12.8 Å². The lowest BCUT2D eigenvalue weighted by atomic mass is 10.3. The molecule has 1 unspecified atom stereocenters. The van der Waals surface area contributed by atoms with Crippen LogP contribution in [-0.4, -0.2) is 9.55 Å². The quantitative estimate of drug-likeness (QED) is 0.755. The maximum absolute atomic E-state index is 6.21. The number of imidazole rings is 1. The van der Waals surface area contributed by atoms with Crippen molar-refractivity contribution in [1.29, 1.82) is 0 Å². The Morgan fingerprint density at radius 1 is 1.47 bits per heavy atom. The van der Waals surface area contributed by atoms with E-state index in [2.05, 4.69) is 9.55 Å². The molecule has 0 bridgehead atoms. The average Bonchev–Trinajstić information content (AvgIpc) is 3.00. The van der Waals surface area contributed by atoms with Crippen molar-refractivity contribution in [3.63, 3.8) is 0 Å². The van der Waals surface area contributed by atoms with E-state index in [-0.39, 0.29) is 5.38 Å². The second-order valence-electron chi connectivity index (χ2n) is 4.77. The number of benzene rings is 1. The average molecular weight is 269 g/mol. The standard InChI is InChI=1S/C13H14Cl2N2/c1-8(14)13-16-11-6-10(15)4-5-12(11)17(13)7-9-2-3-9/h4-6,8-9H,2-3,7H2,1H3. The molecule has 0 spiro atoms. The van der Waals surface area contributed by atoms with Crippen LogP contribution in [0.4, 0.5) is 0 Å². The van der Waals surface area contributed by atoms with E-state index in [0.29, 0.717) is 0 Å². The Bertz CT molecular complexity index is 556. The summed E-state index contributed by atoms with van der Waals surface area (Å²) in [6, 6.07) is 5.86. The lowest BCUT2D eigenvalue weighted by Gasteiger charge is -2.09. The number of halogens is 2. The molecule has 4 heteroatoms. The monoisotopic (exact) mass is 268 g/mol. The summed E-state index contributed by atoms with van der Waals surface area (Å²) in [5.41, 5.74) is 2.09. The predicted octanol–water partition coefficient (Wildman–Crippen LogP) is 4.40. The van der Waals surface area contributed by atoms with Crippen molar-refractivity contribution in [3.8, 4) is 0 Å². The number of aromatic nitrogens is 2. The van der Waals surface area contributed by atoms with Gasteiger partial charge in [0.05, 0.1) is 16.4 Å². The molecule has 0 amide bonds. The first-order valence-corrected chi connectivity index (χ1v) is 6.76. The van der Waals surface area contributed by atoms with Crippen molar-refractivity contribution < 1.29 is 0 Å². The molecule has 1 fully saturated rings. The van der Waals surface area contributed by atoms with Gasteiger partial charge in [-0.2, -0.15) is 0 Å². The topological polar surface area (TPSA) is 17.8 Å². The van der Waals surface area contributed by atoms with Gasteiger partial charge in [-0.05, 0) is 43.9 Å². The number of nitrogens with zero attached hydrogens (tertiary/aromatic N) is 2. The van der Waals surface area contributed by atoms with Crippen LogP contribution in [0.25, 0.3) is 11.0 Å². The summed E-state index contributed by atoms with van der Waals surface area (Å²) in [6.07, 6.45) is 2.65. The third kappa shape index (κ3) is 2.16. The van der Waals surface area contributed by atoms with Crippen molar-refractivity contribution in [2.24, 2.45) is 5.92 Å². The van der Waals surface area contributed by atoms with Crippen molar-refractivity contribution in [3.05, 3.63) is 29.0 Å². The number of hydrogen-bond donors (Lipinski definition) is 0. The van der Waals surface area contributed by atoms with Gasteiger partial charge in [0.1, 0.15) is 5.82 Å². The molecule has 1 aliphatic carbocycles. The zero-order valence-corrected chi connectivity index (χ0v) is 11.2. The van der Waals surface area contributed by atoms with E-state index in [1.54, 1.807) is 0 Å². The molecule has 1 aromatic heterocycles. The third-order valence-electron chi connectivity index (χ3n) is 3.23. The molecule has 17 heavy (non-hydrogen) atoms. The van der Waals surface area contributed by atoms with Crippen molar-refractivity contribution in [1.82, 2.24) is 9.55 Å². The van der Waals surface area contributed by atoms with Gasteiger partial charge < -0.3 is 4.57 Å². The SMILES string of the molecule is CC(Cl)c1nc2cc(Cl)ccc2n1CC1CC1. The largest absolute Gasteiger partial charge is 0.326 e. The summed E-state index contributed by atoms with van der Waals surface area (Å²) in [7, 11) is 0. The van der Waals surface area contributed by atoms with Crippen molar-refractivity contribution in [2.75, 3.05) is 0 Å². The highest BCUT2D eigenvalue weighted by Gasteiger charge is 2.25. The van der Waals surface area contributed by atoms with Crippen molar-refractivity contribution >= 4 is 34.2 Å². The molecule has 2 aromatic rings. The second kappa shape index (κ2) is 4.18. The normalized spacial score (nSPS) is 17.6. The first kappa shape index (κ1) is 11.4. The summed E-state index contributed by atoms with van der Waals surface area (Å²) in [5.74, 6) is 1.76. The van der Waals surface area contributed by atoms with Gasteiger partial charge in [-0.15, -0.1) is 11.6 Å². The highest BCUT2D eigenvalue weighted by atomic mass is 35.5. The zero-order valence-electron chi connectivity index (χ0n) is 9.66. The second-order valence-corrected chi connectivity index (χ2v) is 5.86. The maximum atomic E-state index is 6.21. The van der Waals surface area contributed by atoms with Crippen molar-refractivity contribution in [2.45, 2.75) is 31.7 Å². The molecule has 0 aliphatic heterocycles. The van der Waals surface area contributed by atoms with Gasteiger partial charge in [-0.3, -0.25) is 0 Å². The van der Waals surface area contributed by atoms with Crippen LogP contribution in [0, 0.1) is 5.92 Å². The maximum Gasteiger partial charge on any atom is 0.127 e. The molecule has 1 saturated carbocycles. The van der Waals surface area contributed by atoms with E-state index in [1.807, 2.05) is 25.1 Å². The Hall–Kier alpha value is -0.730. The number of hydrogen-bond acceptors (Lipinski definition) is 1. The fourth-order valence-electron chi connectivity index (χ4n) is 2.18. The molecule has 1 atom stereocenters. The van der Waals surface area contributed by atoms with Crippen LogP contribution in [0.2, 0.25) is 5.02 Å². The Labute approximate surface area is 111 Å². The fourth-order valence-corrected chi connectivity index (χ4v) is 2.51. The van der Waals surface area contributed by atoms with E-state index in [4.69, 9.17) is 23.2 Å². The van der Waals surface area contributed by atoms with Crippen LogP contribution in [0.5, 0.6) is 0 Å². The minimum Gasteiger partial charge on any atom is -0.326 e. The summed E-state index contributed by atoms with van der Waals surface area (Å²) < 4.78 is 2.25. The van der Waals surface area contributed by atoms with E-state index < -0.39 is 0 Å². The molecule has 0 N–H and O–H groups in total. The minimum absolute atomic E-state index is 0.0695. The Balaban J connectivity index is 2.15. The summed E-state index contributed by atoms with van der Waals surface area (Å²) in [4.78, 5) is 4.60. The zero-order chi connectivity index (χ0) is 12.0. The molecular weight excluding hydrogens is 255 g/mol. The lowest BCUT2D eigenvalue weighted by Crippen LogP contribution is -2.05. The van der Waals surface area contributed by atoms with Crippen LogP contribution in [0.1, 0.15) is 31.0 Å². The third-order valence-corrected chi connectivity index (χ3v) is 3.66. The van der Waals surface area contributed by atoms with E-state index in [0.717, 1.165) is 34.3 Å². The van der Waals surface area contributed by atoms with Gasteiger partial charge in [0.15, 0.2) is 0 Å². The number of alkyl halides is 1. The van der Waals surface area contributed by atoms with Gasteiger partial charge in [0.2, 0.25) is 0 Å². The Morgan fingerprint density at radius 2 is 2.24 bits per heavy atom. The summed E-state index contributed by atoms with van der Waals surface area (Å²) >= 11 is 12.2. The van der Waals surface area contributed by atoms with Crippen LogP contribution < -0.4 is 0 Å². The van der Waals surface area contributed by atoms with Crippen LogP contribution in [-0.2, 0) is 6.54 Å². The van der Waals surface area contributed by atoms with Crippen LogP contribution in [0.15, 0.2) is 18.2 Å². The van der Waals surface area contributed by atoms with Gasteiger partial charge >= 0.3 is 0 Å². The van der Waals surface area contributed by atoms with Gasteiger partial charge in [0, 0.05) is 11.6 Å². The van der Waals surface area contributed by atoms with Crippen LogP contribution >= 0.6 is 23.2 Å². The first-order valence-electron chi connectivity index (χ1n) is 5.95. The molecule has 1 aliphatic rings. The minimum atomic E-state index is -0.0695. The molecule has 90 valence electrons. The van der Waals surface area contributed by atoms with E-state index >= 15 is 0 Å². The molecule has 2 nitrogen and oxygen atoms in total. The van der Waals surface area contributed by atoms with Crippen LogP contribution in [0.3, 0.4) is 0 Å². The first-order chi connectivity index (χ1) is 8.15. The highest BCUT2D eigenvalue weighted by Crippen LogP contribution is 2.34. The fraction of sp³-hybridized carbons (Fsp3) is 0.462. The Morgan fingerprint density at radius 3 is 2.88 bits per heavy atom. The van der Waals surface area contributed by atoms with Gasteiger partial charge in [-0.1, -0.05) is 11.6 Å². The molecule has 0 saturated heterocycles. The number of fused-ring (bicyclic) bond motifs is 1. The summed E-state index contributed by atoms with van der Waals surface area (Å²) in [5, 5.41) is 0.655. The van der Waals surface area contributed by atoms with E-state index in [9.17, 15) is 0 Å². The Kier molecular flexibility index (Phi) is 2.80. The van der Waals surface area contributed by atoms with Gasteiger partial charge in [-0.25, -0.2) is 4.98 Å². The molecule has 1 aromatic carbocycles.